The molecule has 10 aromatic carbocycles. The SMILES string of the molecule is CC(C)(C)c1ccc2c(c1)N(c1ccc(-c3cc4c(cc3-c3ccccc3)-c3ccccc3C4(C)C)cc1)c1cccc3c1B2c1cc(-c2ccccc2)ccc1N3c1ccc(-c2ccccc2)cc1. The summed E-state index contributed by atoms with van der Waals surface area (Å²) in [5, 5.41) is 0. The van der Waals surface area contributed by atoms with Gasteiger partial charge < -0.3 is 9.80 Å². The van der Waals surface area contributed by atoms with Gasteiger partial charge in [0.25, 0.3) is 6.71 Å². The van der Waals surface area contributed by atoms with Gasteiger partial charge in [0.1, 0.15) is 0 Å². The van der Waals surface area contributed by atoms with Crippen LogP contribution < -0.4 is 26.2 Å². The van der Waals surface area contributed by atoms with Crippen LogP contribution in [0.5, 0.6) is 0 Å². The molecule has 0 saturated carbocycles. The van der Waals surface area contributed by atoms with Gasteiger partial charge in [-0.25, -0.2) is 0 Å². The van der Waals surface area contributed by atoms with E-state index in [1.165, 1.54) is 111 Å². The van der Waals surface area contributed by atoms with Gasteiger partial charge in [-0.05, 0) is 155 Å². The molecule has 10 aromatic rings. The number of rotatable bonds is 6. The predicted octanol–water partition coefficient (Wildman–Crippen LogP) is 16.0. The molecule has 0 spiro atoms. The van der Waals surface area contributed by atoms with Crippen LogP contribution in [-0.2, 0) is 10.8 Å². The summed E-state index contributed by atoms with van der Waals surface area (Å²) in [4.78, 5) is 5.05. The van der Waals surface area contributed by atoms with Gasteiger partial charge in [0.2, 0.25) is 0 Å². The smallest absolute Gasteiger partial charge is 0.252 e. The molecule has 3 aliphatic rings. The largest absolute Gasteiger partial charge is 0.311 e. The van der Waals surface area contributed by atoms with E-state index in [9.17, 15) is 0 Å². The Labute approximate surface area is 413 Å². The summed E-state index contributed by atoms with van der Waals surface area (Å²) in [5.41, 5.74) is 27.5. The molecule has 3 heteroatoms. The highest BCUT2D eigenvalue weighted by atomic mass is 15.2. The number of benzene rings is 10. The van der Waals surface area contributed by atoms with Crippen molar-refractivity contribution in [3.63, 3.8) is 0 Å². The minimum atomic E-state index is -0.112. The van der Waals surface area contributed by atoms with Crippen LogP contribution in [0.4, 0.5) is 34.1 Å². The second-order valence-electron chi connectivity index (χ2n) is 20.9. The second kappa shape index (κ2) is 16.0. The monoisotopic (exact) mass is 896 g/mol. The van der Waals surface area contributed by atoms with E-state index >= 15 is 0 Å². The lowest BCUT2D eigenvalue weighted by atomic mass is 9.33. The Balaban J connectivity index is 1.00. The molecule has 334 valence electrons. The van der Waals surface area contributed by atoms with Crippen LogP contribution in [0.1, 0.15) is 51.3 Å². The van der Waals surface area contributed by atoms with E-state index in [1.54, 1.807) is 0 Å². The third kappa shape index (κ3) is 6.63. The summed E-state index contributed by atoms with van der Waals surface area (Å²) >= 11 is 0. The lowest BCUT2D eigenvalue weighted by molar-refractivity contribution is 0.590. The highest BCUT2D eigenvalue weighted by Crippen LogP contribution is 2.52. The van der Waals surface area contributed by atoms with Gasteiger partial charge in [0, 0.05) is 39.5 Å². The van der Waals surface area contributed by atoms with Crippen molar-refractivity contribution in [3.8, 4) is 55.6 Å². The van der Waals surface area contributed by atoms with Gasteiger partial charge in [0.05, 0.1) is 0 Å². The zero-order valence-electron chi connectivity index (χ0n) is 40.4. The Morgan fingerprint density at radius 2 is 0.857 bits per heavy atom. The summed E-state index contributed by atoms with van der Waals surface area (Å²) in [5.74, 6) is 0. The Kier molecular flexibility index (Phi) is 9.58. The normalized spacial score (nSPS) is 13.8. The molecule has 2 nitrogen and oxygen atoms in total. The van der Waals surface area contributed by atoms with Crippen molar-refractivity contribution in [2.75, 3.05) is 9.80 Å². The first-order chi connectivity index (χ1) is 34.1. The number of hydrogen-bond donors (Lipinski definition) is 0. The highest BCUT2D eigenvalue weighted by Gasteiger charge is 2.44. The maximum absolute atomic E-state index is 2.55. The zero-order chi connectivity index (χ0) is 47.3. The number of anilines is 6. The third-order valence-corrected chi connectivity index (χ3v) is 15.4. The molecule has 0 radical (unpaired) electrons. The molecule has 0 fully saturated rings. The zero-order valence-corrected chi connectivity index (χ0v) is 40.4. The molecule has 70 heavy (non-hydrogen) atoms. The van der Waals surface area contributed by atoms with Crippen LogP contribution in [0, 0.1) is 0 Å². The molecule has 0 amide bonds. The molecule has 0 aromatic heterocycles. The van der Waals surface area contributed by atoms with Gasteiger partial charge in [-0.1, -0.05) is 204 Å². The predicted molar refractivity (Wildman–Crippen MR) is 298 cm³/mol. The van der Waals surface area contributed by atoms with E-state index in [4.69, 9.17) is 0 Å². The first kappa shape index (κ1) is 42.0. The standard InChI is InChI=1S/C67H53BN2/c1-66(2,3)50-33-38-59-64(41-50)70(52-36-30-48(31-37-52)55-43-58-56(42-54(55)47-22-13-8-14-23-47)53-24-15-16-25-57(53)67(58,4)5)63-27-17-26-62-65(63)68(59)60-40-49(45-20-11-7-12-21-45)32-39-61(60)69(62)51-34-28-46(29-35-51)44-18-9-6-10-19-44/h6-43H,1-5H3. The van der Waals surface area contributed by atoms with Gasteiger partial charge in [-0.3, -0.25) is 0 Å². The number of fused-ring (bicyclic) bond motifs is 7. The summed E-state index contributed by atoms with van der Waals surface area (Å²) in [6, 6.07) is 86.2. The fraction of sp³-hybridized carbons (Fsp3) is 0.104. The summed E-state index contributed by atoms with van der Waals surface area (Å²) in [6.07, 6.45) is 0. The van der Waals surface area contributed by atoms with Crippen LogP contribution in [-0.4, -0.2) is 6.71 Å². The van der Waals surface area contributed by atoms with Crippen molar-refractivity contribution in [1.82, 2.24) is 0 Å². The van der Waals surface area contributed by atoms with Gasteiger partial charge in [0.15, 0.2) is 0 Å². The van der Waals surface area contributed by atoms with Gasteiger partial charge >= 0.3 is 0 Å². The van der Waals surface area contributed by atoms with Crippen LogP contribution in [0.3, 0.4) is 0 Å². The molecule has 0 bridgehead atoms. The maximum atomic E-state index is 2.55. The minimum Gasteiger partial charge on any atom is -0.311 e. The molecular formula is C67H53BN2. The van der Waals surface area contributed by atoms with Crippen molar-refractivity contribution >= 4 is 57.2 Å². The fourth-order valence-electron chi connectivity index (χ4n) is 11.8. The molecule has 1 aliphatic carbocycles. The van der Waals surface area contributed by atoms with Gasteiger partial charge in [-0.2, -0.15) is 0 Å². The average molecular weight is 897 g/mol. The molecule has 0 unspecified atom stereocenters. The van der Waals surface area contributed by atoms with Crippen molar-refractivity contribution in [2.45, 2.75) is 45.4 Å². The molecule has 0 atom stereocenters. The fourth-order valence-corrected chi connectivity index (χ4v) is 11.8. The molecule has 0 N–H and O–H groups in total. The Morgan fingerprint density at radius 3 is 1.50 bits per heavy atom. The molecule has 2 aliphatic heterocycles. The summed E-state index contributed by atoms with van der Waals surface area (Å²) < 4.78 is 0. The van der Waals surface area contributed by atoms with Crippen molar-refractivity contribution in [2.24, 2.45) is 0 Å². The highest BCUT2D eigenvalue weighted by molar-refractivity contribution is 7.00. The molecule has 13 rings (SSSR count). The molecule has 0 saturated heterocycles. The van der Waals surface area contributed by atoms with Crippen molar-refractivity contribution in [3.05, 3.63) is 247 Å². The lowest BCUT2D eigenvalue weighted by Crippen LogP contribution is -2.61. The Hall–Kier alpha value is -8.14. The molecular weight excluding hydrogens is 844 g/mol. The number of nitrogens with zero attached hydrogens (tertiary/aromatic N) is 2. The van der Waals surface area contributed by atoms with E-state index in [0.29, 0.717) is 0 Å². The topological polar surface area (TPSA) is 6.48 Å². The van der Waals surface area contributed by atoms with E-state index in [1.807, 2.05) is 0 Å². The van der Waals surface area contributed by atoms with E-state index in [2.05, 4.69) is 275 Å². The quantitative estimate of drug-likeness (QED) is 0.153. The van der Waals surface area contributed by atoms with Crippen LogP contribution in [0.2, 0.25) is 0 Å². The van der Waals surface area contributed by atoms with Crippen molar-refractivity contribution in [1.29, 1.82) is 0 Å². The first-order valence-corrected chi connectivity index (χ1v) is 24.8. The maximum Gasteiger partial charge on any atom is 0.252 e. The molecule has 2 heterocycles. The second-order valence-corrected chi connectivity index (χ2v) is 20.9. The average Bonchev–Trinajstić information content (AvgIpc) is 3.63. The summed E-state index contributed by atoms with van der Waals surface area (Å²) in [7, 11) is 0. The summed E-state index contributed by atoms with van der Waals surface area (Å²) in [6.45, 7) is 11.7. The van der Waals surface area contributed by atoms with Crippen LogP contribution >= 0.6 is 0 Å². The number of hydrogen-bond acceptors (Lipinski definition) is 2. The van der Waals surface area contributed by atoms with E-state index in [-0.39, 0.29) is 17.5 Å². The van der Waals surface area contributed by atoms with Crippen molar-refractivity contribution < 1.29 is 0 Å². The van der Waals surface area contributed by atoms with Crippen LogP contribution in [0.15, 0.2) is 231 Å². The van der Waals surface area contributed by atoms with E-state index in [0.717, 1.165) is 11.4 Å². The Morgan fingerprint density at radius 1 is 0.343 bits per heavy atom. The van der Waals surface area contributed by atoms with Crippen LogP contribution in [0.25, 0.3) is 55.6 Å². The lowest BCUT2D eigenvalue weighted by Gasteiger charge is -2.44. The first-order valence-electron chi connectivity index (χ1n) is 24.8. The Bertz CT molecular complexity index is 3640. The third-order valence-electron chi connectivity index (χ3n) is 15.4. The minimum absolute atomic E-state index is 0.0107. The van der Waals surface area contributed by atoms with E-state index < -0.39 is 0 Å². The van der Waals surface area contributed by atoms with Gasteiger partial charge in [-0.15, -0.1) is 0 Å².